The largest absolute Gasteiger partial charge is 0.475 e. The smallest absolute Gasteiger partial charge is 0.408 e. The number of nitrogens with one attached hydrogen (secondary N) is 3. The van der Waals surface area contributed by atoms with Crippen molar-refractivity contribution in [2.45, 2.75) is 19.1 Å². The Morgan fingerprint density at radius 2 is 2.11 bits per heavy atom. The number of carbonyl (C=O) groups is 3. The maximum Gasteiger partial charge on any atom is 0.408 e. The number of carbonyl (C=O) groups excluding carboxylic acids is 3. The molecule has 1 aromatic carbocycles. The number of rotatable bonds is 11. The molecule has 0 fully saturated rings. The molecule has 0 spiro atoms. The van der Waals surface area contributed by atoms with E-state index >= 15 is 0 Å². The molecule has 13 nitrogen and oxygen atoms in total. The monoisotopic (exact) mass is 486 g/mol. The number of hydrogen-bond donors (Lipinski definition) is 3. The Labute approximate surface area is 200 Å². The molecular formula is C22H26N6O7. The second-order valence-electron chi connectivity index (χ2n) is 7.10. The first-order chi connectivity index (χ1) is 17.0. The summed E-state index contributed by atoms with van der Waals surface area (Å²) in [4.78, 5) is 44.7. The molecule has 1 atom stereocenters. The molecular weight excluding hydrogens is 460 g/mol. The van der Waals surface area contributed by atoms with Crippen LogP contribution in [0, 0.1) is 0 Å². The SMILES string of the molecule is COC(=O)C(CNC(=O)c1cc(OCC/C=N/C2=NCCN2)no1)NC(=O)OCc1ccccc1. The number of aromatic nitrogens is 1. The molecule has 1 aliphatic heterocycles. The van der Waals surface area contributed by atoms with Crippen molar-refractivity contribution in [3.05, 3.63) is 47.7 Å². The summed E-state index contributed by atoms with van der Waals surface area (Å²) in [7, 11) is 1.16. The fourth-order valence-electron chi connectivity index (χ4n) is 2.80. The Bertz CT molecular complexity index is 1050. The average molecular weight is 486 g/mol. The highest BCUT2D eigenvalue weighted by Crippen LogP contribution is 2.11. The van der Waals surface area contributed by atoms with Gasteiger partial charge in [-0.05, 0) is 10.7 Å². The van der Waals surface area contributed by atoms with Crippen molar-refractivity contribution < 1.29 is 33.1 Å². The number of amides is 2. The summed E-state index contributed by atoms with van der Waals surface area (Å²) >= 11 is 0. The van der Waals surface area contributed by atoms with Gasteiger partial charge in [-0.25, -0.2) is 19.6 Å². The Morgan fingerprint density at radius 1 is 1.29 bits per heavy atom. The Morgan fingerprint density at radius 3 is 2.86 bits per heavy atom. The van der Waals surface area contributed by atoms with Gasteiger partial charge in [-0.3, -0.25) is 4.79 Å². The highest BCUT2D eigenvalue weighted by molar-refractivity contribution is 5.92. The van der Waals surface area contributed by atoms with Gasteiger partial charge in [0.1, 0.15) is 12.6 Å². The number of methoxy groups -OCH3 is 1. The summed E-state index contributed by atoms with van der Waals surface area (Å²) < 4.78 is 20.2. The molecule has 0 bridgehead atoms. The number of nitrogens with zero attached hydrogens (tertiary/aromatic N) is 3. The van der Waals surface area contributed by atoms with Crippen molar-refractivity contribution >= 4 is 30.1 Å². The second kappa shape index (κ2) is 13.3. The molecule has 2 heterocycles. The third-order valence-corrected chi connectivity index (χ3v) is 4.54. The van der Waals surface area contributed by atoms with Crippen molar-refractivity contribution in [2.75, 3.05) is 33.4 Å². The normalized spacial score (nSPS) is 13.5. The molecule has 0 radical (unpaired) electrons. The van der Waals surface area contributed by atoms with Crippen LogP contribution in [0.2, 0.25) is 0 Å². The number of ether oxygens (including phenoxy) is 3. The van der Waals surface area contributed by atoms with Crippen LogP contribution in [0.4, 0.5) is 4.79 Å². The number of benzene rings is 1. The van der Waals surface area contributed by atoms with Crippen molar-refractivity contribution in [3.8, 4) is 5.88 Å². The minimum Gasteiger partial charge on any atom is -0.475 e. The molecule has 0 saturated carbocycles. The van der Waals surface area contributed by atoms with Crippen LogP contribution in [-0.2, 0) is 20.9 Å². The summed E-state index contributed by atoms with van der Waals surface area (Å²) in [6, 6.07) is 9.16. The van der Waals surface area contributed by atoms with Crippen molar-refractivity contribution in [1.82, 2.24) is 21.1 Å². The minimum absolute atomic E-state index is 0.0191. The molecule has 0 saturated heterocycles. The van der Waals surface area contributed by atoms with Gasteiger partial charge in [0.15, 0.2) is 0 Å². The van der Waals surface area contributed by atoms with E-state index in [1.54, 1.807) is 18.3 Å². The van der Waals surface area contributed by atoms with Crippen molar-refractivity contribution in [3.63, 3.8) is 0 Å². The molecule has 2 aromatic rings. The maximum absolute atomic E-state index is 12.4. The summed E-state index contributed by atoms with van der Waals surface area (Å²) in [6.45, 7) is 1.51. The van der Waals surface area contributed by atoms with E-state index in [0.717, 1.165) is 19.2 Å². The van der Waals surface area contributed by atoms with Gasteiger partial charge in [-0.15, -0.1) is 0 Å². The Balaban J connectivity index is 1.41. The van der Waals surface area contributed by atoms with Crippen LogP contribution in [0.3, 0.4) is 0 Å². The van der Waals surface area contributed by atoms with Crippen LogP contribution in [-0.4, -0.2) is 74.7 Å². The highest BCUT2D eigenvalue weighted by Gasteiger charge is 2.24. The first-order valence-electron chi connectivity index (χ1n) is 10.8. The third kappa shape index (κ3) is 8.46. The molecule has 35 heavy (non-hydrogen) atoms. The van der Waals surface area contributed by atoms with E-state index < -0.39 is 24.0 Å². The quantitative estimate of drug-likeness (QED) is 0.235. The molecule has 2 amide bonds. The Kier molecular flexibility index (Phi) is 9.60. The Hall–Kier alpha value is -4.42. The molecule has 13 heteroatoms. The van der Waals surface area contributed by atoms with Gasteiger partial charge >= 0.3 is 12.1 Å². The van der Waals surface area contributed by atoms with Crippen LogP contribution < -0.4 is 20.7 Å². The lowest BCUT2D eigenvalue weighted by atomic mass is 10.2. The lowest BCUT2D eigenvalue weighted by Gasteiger charge is -2.16. The molecule has 3 rings (SSSR count). The summed E-state index contributed by atoms with van der Waals surface area (Å²) in [5.74, 6) is -0.841. The predicted molar refractivity (Wildman–Crippen MR) is 123 cm³/mol. The zero-order valence-corrected chi connectivity index (χ0v) is 19.1. The third-order valence-electron chi connectivity index (χ3n) is 4.54. The molecule has 0 aliphatic carbocycles. The van der Waals surface area contributed by atoms with E-state index in [-0.39, 0.29) is 31.4 Å². The number of hydrogen-bond acceptors (Lipinski definition) is 11. The lowest BCUT2D eigenvalue weighted by Crippen LogP contribution is -2.49. The van der Waals surface area contributed by atoms with E-state index in [1.807, 2.05) is 18.2 Å². The van der Waals surface area contributed by atoms with E-state index in [9.17, 15) is 14.4 Å². The fraction of sp³-hybridized carbons (Fsp3) is 0.364. The maximum atomic E-state index is 12.4. The van der Waals surface area contributed by atoms with Crippen molar-refractivity contribution in [2.24, 2.45) is 9.98 Å². The van der Waals surface area contributed by atoms with E-state index in [0.29, 0.717) is 18.9 Å². The number of alkyl carbamates (subject to hydrolysis) is 1. The lowest BCUT2D eigenvalue weighted by molar-refractivity contribution is -0.142. The molecule has 1 unspecified atom stereocenters. The van der Waals surface area contributed by atoms with Gasteiger partial charge in [0.05, 0.1) is 26.3 Å². The number of esters is 1. The molecule has 186 valence electrons. The van der Waals surface area contributed by atoms with Crippen LogP contribution in [0.15, 0.2) is 50.9 Å². The standard InChI is InChI=1S/C22H26N6O7/c1-32-20(30)16(27-22(31)34-14-15-6-3-2-4-7-15)13-26-19(29)17-12-18(28-35-17)33-11-5-8-23-21-24-9-10-25-21/h2-4,6-8,12,16H,5,9-11,13-14H2,1H3,(H,24,25)(H,26,29)(H,27,31)/b23-8+. The zero-order chi connectivity index (χ0) is 24.9. The molecule has 3 N–H and O–H groups in total. The van der Waals surface area contributed by atoms with Crippen LogP contribution in [0.25, 0.3) is 0 Å². The first-order valence-corrected chi connectivity index (χ1v) is 10.8. The van der Waals surface area contributed by atoms with Crippen molar-refractivity contribution in [1.29, 1.82) is 0 Å². The van der Waals surface area contributed by atoms with Gasteiger partial charge in [-0.2, -0.15) is 0 Å². The molecule has 1 aromatic heterocycles. The average Bonchev–Trinajstić information content (AvgIpc) is 3.57. The summed E-state index contributed by atoms with van der Waals surface area (Å²) in [5.41, 5.74) is 0.779. The summed E-state index contributed by atoms with van der Waals surface area (Å²) in [5, 5.41) is 11.5. The minimum atomic E-state index is -1.18. The second-order valence-corrected chi connectivity index (χ2v) is 7.10. The van der Waals surface area contributed by atoms with E-state index in [1.165, 1.54) is 6.07 Å². The molecule has 1 aliphatic rings. The van der Waals surface area contributed by atoms with Gasteiger partial charge in [0.25, 0.3) is 11.8 Å². The highest BCUT2D eigenvalue weighted by atomic mass is 16.6. The van der Waals surface area contributed by atoms with Crippen LogP contribution in [0.5, 0.6) is 5.88 Å². The topological polar surface area (TPSA) is 166 Å². The van der Waals surface area contributed by atoms with Gasteiger partial charge in [-0.1, -0.05) is 30.3 Å². The van der Waals surface area contributed by atoms with E-state index in [2.05, 4.69) is 35.8 Å². The van der Waals surface area contributed by atoms with Crippen LogP contribution >= 0.6 is 0 Å². The summed E-state index contributed by atoms with van der Waals surface area (Å²) in [6.07, 6.45) is 1.32. The first kappa shape index (κ1) is 25.2. The number of guanidine groups is 1. The van der Waals surface area contributed by atoms with Gasteiger partial charge in [0, 0.05) is 25.7 Å². The number of aliphatic imine (C=N–C) groups is 2. The van der Waals surface area contributed by atoms with Gasteiger partial charge < -0.3 is 34.7 Å². The van der Waals surface area contributed by atoms with E-state index in [4.69, 9.17) is 14.0 Å². The van der Waals surface area contributed by atoms with Crippen LogP contribution in [0.1, 0.15) is 22.5 Å². The fourth-order valence-corrected chi connectivity index (χ4v) is 2.80. The zero-order valence-electron chi connectivity index (χ0n) is 19.1. The predicted octanol–water partition coefficient (Wildman–Crippen LogP) is 0.671. The van der Waals surface area contributed by atoms with Gasteiger partial charge in [0.2, 0.25) is 11.7 Å².